The summed E-state index contributed by atoms with van der Waals surface area (Å²) in [6, 6.07) is 8.60. The summed E-state index contributed by atoms with van der Waals surface area (Å²) in [7, 11) is 0. The second-order valence-corrected chi connectivity index (χ2v) is 4.72. The summed E-state index contributed by atoms with van der Waals surface area (Å²) >= 11 is 0. The molecule has 1 saturated heterocycles. The Morgan fingerprint density at radius 2 is 2.10 bits per heavy atom. The molecule has 2 rings (SSSR count). The van der Waals surface area contributed by atoms with Crippen molar-refractivity contribution in [1.82, 2.24) is 5.32 Å². The van der Waals surface area contributed by atoms with E-state index in [1.807, 2.05) is 30.3 Å². The molecule has 1 aromatic rings. The summed E-state index contributed by atoms with van der Waals surface area (Å²) < 4.78 is 10.9. The van der Waals surface area contributed by atoms with Crippen molar-refractivity contribution in [3.63, 3.8) is 0 Å². The van der Waals surface area contributed by atoms with Gasteiger partial charge in [0, 0.05) is 19.3 Å². The standard InChI is InChI=1S/C15H17NO5/c17-8-4-7-14(19)16-11(10-18)9-13-15(21-13)20-12-5-2-1-3-6-12/h1-3,5-6,8,10-11,13,15H,4,7,9H2,(H,16,19). The Bertz CT molecular complexity index is 490. The highest BCUT2D eigenvalue weighted by molar-refractivity contribution is 5.81. The van der Waals surface area contributed by atoms with Crippen molar-refractivity contribution in [3.05, 3.63) is 30.3 Å². The van der Waals surface area contributed by atoms with E-state index in [9.17, 15) is 14.4 Å². The number of amides is 1. The van der Waals surface area contributed by atoms with Gasteiger partial charge in [0.2, 0.25) is 12.2 Å². The van der Waals surface area contributed by atoms with Crippen molar-refractivity contribution in [2.45, 2.75) is 37.7 Å². The molecular formula is C15H17NO5. The fraction of sp³-hybridized carbons (Fsp3) is 0.400. The minimum Gasteiger partial charge on any atom is -0.462 e. The Balaban J connectivity index is 1.72. The quantitative estimate of drug-likeness (QED) is 0.538. The van der Waals surface area contributed by atoms with Gasteiger partial charge in [-0.25, -0.2) is 0 Å². The zero-order valence-corrected chi connectivity index (χ0v) is 11.4. The first kappa shape index (κ1) is 15.2. The van der Waals surface area contributed by atoms with Crippen molar-refractivity contribution in [1.29, 1.82) is 0 Å². The van der Waals surface area contributed by atoms with E-state index in [0.29, 0.717) is 24.7 Å². The van der Waals surface area contributed by atoms with Crippen LogP contribution in [-0.4, -0.2) is 36.9 Å². The van der Waals surface area contributed by atoms with Gasteiger partial charge in [0.05, 0.1) is 6.04 Å². The number of carbonyl (C=O) groups excluding carboxylic acids is 3. The molecule has 0 aromatic heterocycles. The molecule has 0 spiro atoms. The third kappa shape index (κ3) is 5.00. The van der Waals surface area contributed by atoms with Crippen LogP contribution in [0.2, 0.25) is 0 Å². The Hall–Kier alpha value is -2.21. The fourth-order valence-corrected chi connectivity index (χ4v) is 1.90. The maximum atomic E-state index is 11.4. The lowest BCUT2D eigenvalue weighted by Crippen LogP contribution is -2.37. The summed E-state index contributed by atoms with van der Waals surface area (Å²) in [6.45, 7) is 0. The van der Waals surface area contributed by atoms with Gasteiger partial charge < -0.3 is 24.4 Å². The minimum atomic E-state index is -0.626. The molecule has 1 amide bonds. The van der Waals surface area contributed by atoms with Gasteiger partial charge in [-0.15, -0.1) is 0 Å². The van der Waals surface area contributed by atoms with Gasteiger partial charge in [-0.05, 0) is 12.1 Å². The lowest BCUT2D eigenvalue weighted by Gasteiger charge is -2.10. The molecule has 6 heteroatoms. The molecule has 0 saturated carbocycles. The largest absolute Gasteiger partial charge is 0.462 e. The zero-order valence-electron chi connectivity index (χ0n) is 11.4. The number of hydrogen-bond acceptors (Lipinski definition) is 5. The number of aldehydes is 2. The molecule has 0 bridgehead atoms. The van der Waals surface area contributed by atoms with Gasteiger partial charge in [0.1, 0.15) is 24.4 Å². The van der Waals surface area contributed by atoms with Crippen LogP contribution in [0.25, 0.3) is 0 Å². The van der Waals surface area contributed by atoms with E-state index in [-0.39, 0.29) is 31.1 Å². The van der Waals surface area contributed by atoms with Crippen LogP contribution >= 0.6 is 0 Å². The van der Waals surface area contributed by atoms with Crippen LogP contribution in [0.5, 0.6) is 5.75 Å². The lowest BCUT2D eigenvalue weighted by molar-refractivity contribution is -0.125. The Morgan fingerprint density at radius 3 is 2.76 bits per heavy atom. The number of nitrogens with one attached hydrogen (secondary N) is 1. The number of ether oxygens (including phenoxy) is 2. The van der Waals surface area contributed by atoms with Gasteiger partial charge >= 0.3 is 0 Å². The summed E-state index contributed by atoms with van der Waals surface area (Å²) in [5.41, 5.74) is 0. The number of carbonyl (C=O) groups is 3. The molecule has 1 aliphatic heterocycles. The van der Waals surface area contributed by atoms with E-state index >= 15 is 0 Å². The molecule has 3 unspecified atom stereocenters. The summed E-state index contributed by atoms with van der Waals surface area (Å²) in [5, 5.41) is 2.56. The van der Waals surface area contributed by atoms with Crippen molar-refractivity contribution >= 4 is 18.5 Å². The van der Waals surface area contributed by atoms with E-state index in [4.69, 9.17) is 9.47 Å². The van der Waals surface area contributed by atoms with E-state index in [1.165, 1.54) is 0 Å². The third-order valence-electron chi connectivity index (χ3n) is 3.02. The number of benzene rings is 1. The first-order valence-electron chi connectivity index (χ1n) is 6.78. The first-order valence-corrected chi connectivity index (χ1v) is 6.78. The highest BCUT2D eigenvalue weighted by Crippen LogP contribution is 2.29. The van der Waals surface area contributed by atoms with Crippen LogP contribution in [0.4, 0.5) is 0 Å². The number of para-hydroxylation sites is 1. The van der Waals surface area contributed by atoms with Gasteiger partial charge in [0.15, 0.2) is 0 Å². The summed E-state index contributed by atoms with van der Waals surface area (Å²) in [4.78, 5) is 32.6. The third-order valence-corrected chi connectivity index (χ3v) is 3.02. The number of rotatable bonds is 9. The van der Waals surface area contributed by atoms with Crippen molar-refractivity contribution in [3.8, 4) is 5.75 Å². The molecule has 6 nitrogen and oxygen atoms in total. The average Bonchev–Trinajstić information content (AvgIpc) is 3.23. The van der Waals surface area contributed by atoms with Crippen molar-refractivity contribution in [2.75, 3.05) is 0 Å². The minimum absolute atomic E-state index is 0.0866. The molecule has 0 radical (unpaired) electrons. The molecule has 3 atom stereocenters. The molecule has 1 aliphatic rings. The highest BCUT2D eigenvalue weighted by atomic mass is 16.8. The van der Waals surface area contributed by atoms with Crippen LogP contribution in [-0.2, 0) is 19.1 Å². The van der Waals surface area contributed by atoms with Crippen LogP contribution in [0, 0.1) is 0 Å². The van der Waals surface area contributed by atoms with Crippen LogP contribution in [0.3, 0.4) is 0 Å². The number of epoxide rings is 1. The van der Waals surface area contributed by atoms with Gasteiger partial charge in [-0.3, -0.25) is 4.79 Å². The Morgan fingerprint density at radius 1 is 1.33 bits per heavy atom. The molecule has 1 fully saturated rings. The fourth-order valence-electron chi connectivity index (χ4n) is 1.90. The molecule has 1 N–H and O–H groups in total. The van der Waals surface area contributed by atoms with Crippen LogP contribution in [0.1, 0.15) is 19.3 Å². The van der Waals surface area contributed by atoms with Crippen LogP contribution < -0.4 is 10.1 Å². The molecule has 21 heavy (non-hydrogen) atoms. The van der Waals surface area contributed by atoms with Crippen LogP contribution in [0.15, 0.2) is 30.3 Å². The van der Waals surface area contributed by atoms with E-state index in [2.05, 4.69) is 5.32 Å². The maximum Gasteiger partial charge on any atom is 0.227 e. The summed E-state index contributed by atoms with van der Waals surface area (Å²) in [5.74, 6) is 0.378. The number of hydrogen-bond donors (Lipinski definition) is 1. The predicted molar refractivity (Wildman–Crippen MR) is 73.6 cm³/mol. The topological polar surface area (TPSA) is 85.0 Å². The van der Waals surface area contributed by atoms with Gasteiger partial charge in [-0.2, -0.15) is 0 Å². The molecule has 1 aromatic carbocycles. The second-order valence-electron chi connectivity index (χ2n) is 4.72. The van der Waals surface area contributed by atoms with Gasteiger partial charge in [-0.1, -0.05) is 18.2 Å². The van der Waals surface area contributed by atoms with Crippen molar-refractivity contribution < 1.29 is 23.9 Å². The highest BCUT2D eigenvalue weighted by Gasteiger charge is 2.43. The molecule has 112 valence electrons. The molecule has 0 aliphatic carbocycles. The smallest absolute Gasteiger partial charge is 0.227 e. The summed E-state index contributed by atoms with van der Waals surface area (Å²) in [6.07, 6.45) is 1.32. The monoisotopic (exact) mass is 291 g/mol. The normalized spacial score (nSPS) is 21.1. The van der Waals surface area contributed by atoms with E-state index in [0.717, 1.165) is 0 Å². The Kier molecular flexibility index (Phi) is 5.45. The maximum absolute atomic E-state index is 11.4. The second kappa shape index (κ2) is 7.54. The van der Waals surface area contributed by atoms with Gasteiger partial charge in [0.25, 0.3) is 0 Å². The average molecular weight is 291 g/mol. The van der Waals surface area contributed by atoms with E-state index < -0.39 is 6.04 Å². The Labute approximate surface area is 122 Å². The predicted octanol–water partition coefficient (Wildman–Crippen LogP) is 0.843. The zero-order chi connectivity index (χ0) is 15.1. The first-order chi connectivity index (χ1) is 10.2. The van der Waals surface area contributed by atoms with Crippen molar-refractivity contribution in [2.24, 2.45) is 0 Å². The SMILES string of the molecule is O=CCCC(=O)NC(C=O)CC1OC1Oc1ccccc1. The lowest BCUT2D eigenvalue weighted by atomic mass is 10.1. The molecule has 1 heterocycles. The van der Waals surface area contributed by atoms with E-state index in [1.54, 1.807) is 0 Å². The molecular weight excluding hydrogens is 274 g/mol.